The number of rotatable bonds is 4. The Bertz CT molecular complexity index is 820. The van der Waals surface area contributed by atoms with Crippen molar-refractivity contribution in [3.8, 4) is 5.75 Å². The van der Waals surface area contributed by atoms with Gasteiger partial charge in [0.15, 0.2) is 9.84 Å². The molecule has 6 heteroatoms. The van der Waals surface area contributed by atoms with Crippen molar-refractivity contribution in [2.24, 2.45) is 5.92 Å². The summed E-state index contributed by atoms with van der Waals surface area (Å²) in [6.07, 6.45) is 2.72. The molecule has 130 valence electrons. The number of benzene rings is 1. The number of hydrogen-bond donors (Lipinski definition) is 0. The molecule has 2 aromatic rings. The van der Waals surface area contributed by atoms with Gasteiger partial charge in [-0.05, 0) is 24.5 Å². The zero-order valence-corrected chi connectivity index (χ0v) is 15.1. The van der Waals surface area contributed by atoms with Crippen LogP contribution in [-0.4, -0.2) is 44.6 Å². The minimum atomic E-state index is -2.96. The minimum absolute atomic E-state index is 0.111. The van der Waals surface area contributed by atoms with Crippen molar-refractivity contribution in [2.75, 3.05) is 36.1 Å². The molecule has 0 radical (unpaired) electrons. The van der Waals surface area contributed by atoms with Crippen LogP contribution in [0.15, 0.2) is 30.5 Å². The van der Waals surface area contributed by atoms with E-state index in [0.29, 0.717) is 13.2 Å². The highest BCUT2D eigenvalue weighted by Crippen LogP contribution is 2.32. The van der Waals surface area contributed by atoms with Crippen molar-refractivity contribution >= 4 is 26.4 Å². The van der Waals surface area contributed by atoms with Gasteiger partial charge < -0.3 is 9.64 Å². The molecular weight excluding hydrogens is 324 g/mol. The highest BCUT2D eigenvalue weighted by atomic mass is 32.2. The van der Waals surface area contributed by atoms with Crippen molar-refractivity contribution in [3.63, 3.8) is 0 Å². The predicted molar refractivity (Wildman–Crippen MR) is 97.6 cm³/mol. The van der Waals surface area contributed by atoms with Gasteiger partial charge in [-0.25, -0.2) is 8.42 Å². The summed E-state index contributed by atoms with van der Waals surface area (Å²) >= 11 is 0. The maximum Gasteiger partial charge on any atom is 0.152 e. The minimum Gasteiger partial charge on any atom is -0.491 e. The molecule has 0 aliphatic carbocycles. The lowest BCUT2D eigenvalue weighted by atomic mass is 10.1. The Morgan fingerprint density at radius 2 is 2.17 bits per heavy atom. The van der Waals surface area contributed by atoms with Crippen LogP contribution in [-0.2, 0) is 9.84 Å². The van der Waals surface area contributed by atoms with Crippen LogP contribution in [0.2, 0.25) is 0 Å². The van der Waals surface area contributed by atoms with Crippen LogP contribution in [0.1, 0.15) is 20.3 Å². The summed E-state index contributed by atoms with van der Waals surface area (Å²) in [6.45, 7) is 5.98. The first-order valence-corrected chi connectivity index (χ1v) is 10.3. The van der Waals surface area contributed by atoms with Crippen LogP contribution in [0.4, 0.5) is 5.69 Å². The monoisotopic (exact) mass is 348 g/mol. The maximum absolute atomic E-state index is 12.0. The number of hydrogen-bond acceptors (Lipinski definition) is 5. The van der Waals surface area contributed by atoms with Crippen molar-refractivity contribution in [2.45, 2.75) is 20.3 Å². The topological polar surface area (TPSA) is 59.5 Å². The molecule has 0 bridgehead atoms. The van der Waals surface area contributed by atoms with E-state index < -0.39 is 9.84 Å². The summed E-state index contributed by atoms with van der Waals surface area (Å²) in [7, 11) is -2.96. The van der Waals surface area contributed by atoms with E-state index in [1.807, 2.05) is 31.2 Å². The highest BCUT2D eigenvalue weighted by Gasteiger charge is 2.25. The summed E-state index contributed by atoms with van der Waals surface area (Å²) in [5.74, 6) is 1.36. The van der Waals surface area contributed by atoms with E-state index in [1.54, 1.807) is 6.20 Å². The first kappa shape index (κ1) is 17.0. The van der Waals surface area contributed by atoms with E-state index in [0.717, 1.165) is 35.3 Å². The zero-order chi connectivity index (χ0) is 17.2. The van der Waals surface area contributed by atoms with Gasteiger partial charge in [-0.2, -0.15) is 0 Å². The molecule has 0 N–H and O–H groups in total. The predicted octanol–water partition coefficient (Wildman–Crippen LogP) is 2.89. The molecule has 0 spiro atoms. The smallest absolute Gasteiger partial charge is 0.152 e. The van der Waals surface area contributed by atoms with E-state index in [1.165, 1.54) is 0 Å². The number of pyridine rings is 1. The molecule has 24 heavy (non-hydrogen) atoms. The second-order valence-corrected chi connectivity index (χ2v) is 8.73. The number of sulfone groups is 1. The molecule has 1 aliphatic rings. The number of nitrogens with zero attached hydrogens (tertiary/aromatic N) is 2. The largest absolute Gasteiger partial charge is 0.491 e. The average molecular weight is 348 g/mol. The lowest BCUT2D eigenvalue weighted by Gasteiger charge is -2.25. The van der Waals surface area contributed by atoms with Gasteiger partial charge in [0.1, 0.15) is 11.3 Å². The van der Waals surface area contributed by atoms with Crippen LogP contribution in [0, 0.1) is 5.92 Å². The molecule has 1 aromatic carbocycles. The van der Waals surface area contributed by atoms with Gasteiger partial charge in [0.2, 0.25) is 0 Å². The highest BCUT2D eigenvalue weighted by molar-refractivity contribution is 7.91. The number of fused-ring (bicyclic) bond motifs is 1. The van der Waals surface area contributed by atoms with Gasteiger partial charge in [-0.3, -0.25) is 4.98 Å². The molecule has 0 saturated carbocycles. The third kappa shape index (κ3) is 3.64. The summed E-state index contributed by atoms with van der Waals surface area (Å²) in [5.41, 5.74) is 1.87. The summed E-state index contributed by atoms with van der Waals surface area (Å²) in [4.78, 5) is 6.66. The third-order valence-electron chi connectivity index (χ3n) is 4.26. The van der Waals surface area contributed by atoms with Crippen molar-refractivity contribution < 1.29 is 13.2 Å². The molecule has 0 unspecified atom stereocenters. The molecule has 3 rings (SSSR count). The van der Waals surface area contributed by atoms with Crippen LogP contribution < -0.4 is 9.64 Å². The van der Waals surface area contributed by atoms with E-state index in [2.05, 4.69) is 16.8 Å². The fourth-order valence-electron chi connectivity index (χ4n) is 3.24. The number of aromatic nitrogens is 1. The molecule has 1 atom stereocenters. The Kier molecular flexibility index (Phi) is 4.94. The average Bonchev–Trinajstić information content (AvgIpc) is 2.69. The standard InChI is InChI=1S/C18H24N2O3S/c1-3-10-23-17-6-4-5-15-16(7-8-19-18(15)17)20-9-11-24(21,22)13-14(2)12-20/h4-8,14H,3,9-13H2,1-2H3/t14-/m0/s1. The van der Waals surface area contributed by atoms with E-state index >= 15 is 0 Å². The van der Waals surface area contributed by atoms with E-state index in [9.17, 15) is 8.42 Å². The molecule has 1 aliphatic heterocycles. The number of anilines is 1. The zero-order valence-electron chi connectivity index (χ0n) is 14.2. The Labute approximate surface area is 143 Å². The van der Waals surface area contributed by atoms with Gasteiger partial charge in [0.05, 0.1) is 18.1 Å². The first-order chi connectivity index (χ1) is 11.5. The van der Waals surface area contributed by atoms with Crippen LogP contribution in [0.5, 0.6) is 5.75 Å². The lowest BCUT2D eigenvalue weighted by molar-refractivity contribution is 0.320. The van der Waals surface area contributed by atoms with Crippen molar-refractivity contribution in [3.05, 3.63) is 30.5 Å². The Balaban J connectivity index is 2.00. The Hall–Kier alpha value is -1.82. The fraction of sp³-hybridized carbons (Fsp3) is 0.500. The SMILES string of the molecule is CCCOc1cccc2c(N3CCS(=O)(=O)C[C@@H](C)C3)ccnc12. The molecular formula is C18H24N2O3S. The molecule has 1 saturated heterocycles. The first-order valence-electron chi connectivity index (χ1n) is 8.46. The summed E-state index contributed by atoms with van der Waals surface area (Å²) in [5, 5.41) is 1.01. The molecule has 1 aromatic heterocycles. The lowest BCUT2D eigenvalue weighted by Crippen LogP contribution is -2.29. The van der Waals surface area contributed by atoms with Crippen molar-refractivity contribution in [1.29, 1.82) is 0 Å². The second-order valence-electron chi connectivity index (χ2n) is 6.50. The fourth-order valence-corrected chi connectivity index (χ4v) is 4.88. The van der Waals surface area contributed by atoms with Gasteiger partial charge in [0.25, 0.3) is 0 Å². The van der Waals surface area contributed by atoms with E-state index in [4.69, 9.17) is 4.74 Å². The van der Waals surface area contributed by atoms with Crippen molar-refractivity contribution in [1.82, 2.24) is 4.98 Å². The quantitative estimate of drug-likeness (QED) is 0.850. The van der Waals surface area contributed by atoms with Crippen LogP contribution in [0.3, 0.4) is 0 Å². The van der Waals surface area contributed by atoms with Crippen LogP contribution >= 0.6 is 0 Å². The molecule has 2 heterocycles. The summed E-state index contributed by atoms with van der Waals surface area (Å²) < 4.78 is 29.9. The third-order valence-corrected chi connectivity index (χ3v) is 6.14. The summed E-state index contributed by atoms with van der Waals surface area (Å²) in [6, 6.07) is 7.90. The van der Waals surface area contributed by atoms with Crippen LogP contribution in [0.25, 0.3) is 10.9 Å². The maximum atomic E-state index is 12.0. The van der Waals surface area contributed by atoms with Gasteiger partial charge >= 0.3 is 0 Å². The molecule has 1 fully saturated rings. The van der Waals surface area contributed by atoms with Gasteiger partial charge in [-0.1, -0.05) is 26.0 Å². The second kappa shape index (κ2) is 6.97. The molecule has 0 amide bonds. The molecule has 5 nitrogen and oxygen atoms in total. The van der Waals surface area contributed by atoms with Gasteiger partial charge in [-0.15, -0.1) is 0 Å². The van der Waals surface area contributed by atoms with Gasteiger partial charge in [0, 0.05) is 30.4 Å². The Morgan fingerprint density at radius 3 is 2.96 bits per heavy atom. The number of ether oxygens (including phenoxy) is 1. The number of para-hydroxylation sites is 1. The normalized spacial score (nSPS) is 20.8. The van der Waals surface area contributed by atoms with E-state index in [-0.39, 0.29) is 17.4 Å². The Morgan fingerprint density at radius 1 is 1.33 bits per heavy atom.